The molecular formula is C17H17FN4O3. The molecular weight excluding hydrogens is 327 g/mol. The minimum Gasteiger partial charge on any atom is -0.469 e. The van der Waals surface area contributed by atoms with E-state index in [1.165, 1.54) is 24.7 Å². The van der Waals surface area contributed by atoms with Gasteiger partial charge in [0.1, 0.15) is 24.2 Å². The van der Waals surface area contributed by atoms with E-state index in [1.54, 1.807) is 17.2 Å². The Morgan fingerprint density at radius 2 is 2.20 bits per heavy atom. The van der Waals surface area contributed by atoms with E-state index in [9.17, 15) is 9.18 Å². The number of rotatable bonds is 3. The number of fused-ring (bicyclic) bond motifs is 1. The lowest BCUT2D eigenvalue weighted by Crippen LogP contribution is -2.54. The summed E-state index contributed by atoms with van der Waals surface area (Å²) < 4.78 is 25.4. The fraction of sp³-hybridized carbons (Fsp3) is 0.412. The largest absolute Gasteiger partial charge is 0.469 e. The van der Waals surface area contributed by atoms with Crippen molar-refractivity contribution in [3.8, 4) is 5.88 Å². The second-order valence-corrected chi connectivity index (χ2v) is 6.02. The van der Waals surface area contributed by atoms with Gasteiger partial charge in [-0.15, -0.1) is 0 Å². The van der Waals surface area contributed by atoms with Gasteiger partial charge in [-0.2, -0.15) is 0 Å². The Hall–Kier alpha value is -2.61. The highest BCUT2D eigenvalue weighted by molar-refractivity contribution is 5.92. The number of morpholine rings is 1. The highest BCUT2D eigenvalue weighted by atomic mass is 19.1. The molecule has 3 atom stereocenters. The average Bonchev–Trinajstić information content (AvgIpc) is 3.07. The number of ether oxygens (including phenoxy) is 2. The molecule has 7 nitrogen and oxygen atoms in total. The maximum absolute atomic E-state index is 13.8. The number of aromatic nitrogens is 3. The number of hydrogen-bond donors (Lipinski definition) is 0. The lowest BCUT2D eigenvalue weighted by Gasteiger charge is -2.38. The standard InChI is InChI=1S/C17H17FN4O3/c18-11-2-1-6-20-16(11)25-14-4-3-13-15(14)24-9-8-22(13)17(23)12-5-7-19-10-21-12/h1-2,5-7,10,13-15H,3-4,8-9H2/t13-,14-,15+/m1/s1. The smallest absolute Gasteiger partial charge is 0.272 e. The van der Waals surface area contributed by atoms with Crippen molar-refractivity contribution in [1.29, 1.82) is 0 Å². The van der Waals surface area contributed by atoms with E-state index in [-0.39, 0.29) is 30.0 Å². The Morgan fingerprint density at radius 1 is 1.28 bits per heavy atom. The number of carbonyl (C=O) groups excluding carboxylic acids is 1. The minimum atomic E-state index is -0.504. The highest BCUT2D eigenvalue weighted by Gasteiger charge is 2.46. The lowest BCUT2D eigenvalue weighted by molar-refractivity contribution is -0.0800. The van der Waals surface area contributed by atoms with Crippen LogP contribution in [0.25, 0.3) is 0 Å². The molecule has 2 aromatic heterocycles. The molecule has 0 radical (unpaired) electrons. The zero-order valence-corrected chi connectivity index (χ0v) is 13.4. The van der Waals surface area contributed by atoms with Gasteiger partial charge in [0, 0.05) is 18.9 Å². The van der Waals surface area contributed by atoms with Crippen LogP contribution in [0.2, 0.25) is 0 Å². The number of carbonyl (C=O) groups is 1. The Bertz CT molecular complexity index is 761. The predicted octanol–water partition coefficient (Wildman–Crippen LogP) is 1.46. The molecule has 2 aromatic rings. The maximum Gasteiger partial charge on any atom is 0.272 e. The monoisotopic (exact) mass is 344 g/mol. The van der Waals surface area contributed by atoms with Crippen LogP contribution >= 0.6 is 0 Å². The van der Waals surface area contributed by atoms with Crippen molar-refractivity contribution in [2.75, 3.05) is 13.2 Å². The first-order valence-corrected chi connectivity index (χ1v) is 8.20. The molecule has 130 valence electrons. The van der Waals surface area contributed by atoms with E-state index in [4.69, 9.17) is 9.47 Å². The van der Waals surface area contributed by atoms with Crippen LogP contribution in [-0.2, 0) is 4.74 Å². The van der Waals surface area contributed by atoms with Gasteiger partial charge in [0.15, 0.2) is 5.82 Å². The number of halogens is 1. The summed E-state index contributed by atoms with van der Waals surface area (Å²) in [6.45, 7) is 0.900. The normalized spacial score (nSPS) is 25.5. The number of amides is 1. The van der Waals surface area contributed by atoms with Gasteiger partial charge < -0.3 is 14.4 Å². The minimum absolute atomic E-state index is 0.0315. The zero-order valence-electron chi connectivity index (χ0n) is 13.4. The fourth-order valence-electron chi connectivity index (χ4n) is 3.46. The van der Waals surface area contributed by atoms with E-state index >= 15 is 0 Å². The molecule has 2 fully saturated rings. The molecule has 0 unspecified atom stereocenters. The fourth-order valence-corrected chi connectivity index (χ4v) is 3.46. The van der Waals surface area contributed by atoms with E-state index < -0.39 is 5.82 Å². The van der Waals surface area contributed by atoms with Crippen LogP contribution in [0, 0.1) is 5.82 Å². The molecule has 1 aliphatic heterocycles. The first-order valence-electron chi connectivity index (χ1n) is 8.20. The summed E-state index contributed by atoms with van der Waals surface area (Å²) in [6.07, 6.45) is 5.13. The predicted molar refractivity (Wildman–Crippen MR) is 84.4 cm³/mol. The SMILES string of the molecule is O=C(c1ccncn1)N1CCO[C@H]2[C@H]1CC[C@H]2Oc1ncccc1F. The summed E-state index contributed by atoms with van der Waals surface area (Å²) in [7, 11) is 0. The molecule has 8 heteroatoms. The Balaban J connectivity index is 1.51. The molecule has 1 amide bonds. The van der Waals surface area contributed by atoms with Gasteiger partial charge in [-0.1, -0.05) is 0 Å². The molecule has 4 rings (SSSR count). The molecule has 1 aliphatic carbocycles. The summed E-state index contributed by atoms with van der Waals surface area (Å²) in [5.74, 6) is -0.683. The van der Waals surface area contributed by atoms with Gasteiger partial charge in [-0.25, -0.2) is 19.3 Å². The third kappa shape index (κ3) is 3.05. The third-order valence-corrected chi connectivity index (χ3v) is 4.59. The van der Waals surface area contributed by atoms with Crippen molar-refractivity contribution in [3.05, 3.63) is 48.4 Å². The van der Waals surface area contributed by atoms with Crippen LogP contribution < -0.4 is 4.74 Å². The van der Waals surface area contributed by atoms with E-state index in [1.807, 2.05) is 0 Å². The highest BCUT2D eigenvalue weighted by Crippen LogP contribution is 2.33. The quantitative estimate of drug-likeness (QED) is 0.839. The van der Waals surface area contributed by atoms with E-state index in [2.05, 4.69) is 15.0 Å². The summed E-state index contributed by atoms with van der Waals surface area (Å²) >= 11 is 0. The summed E-state index contributed by atoms with van der Waals surface area (Å²) in [5, 5.41) is 0. The molecule has 1 saturated carbocycles. The Labute approximate surface area is 143 Å². The van der Waals surface area contributed by atoms with Crippen molar-refractivity contribution in [3.63, 3.8) is 0 Å². The summed E-state index contributed by atoms with van der Waals surface area (Å²) in [4.78, 5) is 26.3. The zero-order chi connectivity index (χ0) is 17.2. The number of hydrogen-bond acceptors (Lipinski definition) is 6. The van der Waals surface area contributed by atoms with E-state index in [0.29, 0.717) is 25.3 Å². The molecule has 0 spiro atoms. The Morgan fingerprint density at radius 3 is 3.00 bits per heavy atom. The molecule has 25 heavy (non-hydrogen) atoms. The topological polar surface area (TPSA) is 77.4 Å². The van der Waals surface area contributed by atoms with Gasteiger partial charge in [0.25, 0.3) is 11.8 Å². The van der Waals surface area contributed by atoms with E-state index in [0.717, 1.165) is 6.42 Å². The van der Waals surface area contributed by atoms with Crippen molar-refractivity contribution < 1.29 is 18.7 Å². The Kier molecular flexibility index (Phi) is 4.27. The molecule has 2 aliphatic rings. The van der Waals surface area contributed by atoms with Gasteiger partial charge in [-0.3, -0.25) is 4.79 Å². The van der Waals surface area contributed by atoms with Crippen LogP contribution in [0.5, 0.6) is 5.88 Å². The molecule has 0 N–H and O–H groups in total. The van der Waals surface area contributed by atoms with Gasteiger partial charge in [0.05, 0.1) is 12.6 Å². The van der Waals surface area contributed by atoms with Crippen molar-refractivity contribution in [1.82, 2.24) is 19.9 Å². The second-order valence-electron chi connectivity index (χ2n) is 6.02. The van der Waals surface area contributed by atoms with Crippen LogP contribution in [-0.4, -0.2) is 57.2 Å². The molecule has 1 saturated heterocycles. The van der Waals surface area contributed by atoms with Gasteiger partial charge >= 0.3 is 0 Å². The summed E-state index contributed by atoms with van der Waals surface area (Å²) in [6, 6.07) is 4.30. The first kappa shape index (κ1) is 15.9. The van der Waals surface area contributed by atoms with Crippen molar-refractivity contribution in [2.24, 2.45) is 0 Å². The van der Waals surface area contributed by atoms with Crippen LogP contribution in [0.1, 0.15) is 23.3 Å². The average molecular weight is 344 g/mol. The van der Waals surface area contributed by atoms with Crippen LogP contribution in [0.3, 0.4) is 0 Å². The van der Waals surface area contributed by atoms with Gasteiger partial charge in [-0.05, 0) is 31.0 Å². The lowest BCUT2D eigenvalue weighted by atomic mass is 10.1. The summed E-state index contributed by atoms with van der Waals surface area (Å²) in [5.41, 5.74) is 0.357. The van der Waals surface area contributed by atoms with Crippen LogP contribution in [0.15, 0.2) is 36.9 Å². The van der Waals surface area contributed by atoms with Crippen molar-refractivity contribution >= 4 is 5.91 Å². The molecule has 0 aromatic carbocycles. The third-order valence-electron chi connectivity index (χ3n) is 4.59. The maximum atomic E-state index is 13.8. The van der Waals surface area contributed by atoms with Crippen molar-refractivity contribution in [2.45, 2.75) is 31.1 Å². The molecule has 0 bridgehead atoms. The first-order chi connectivity index (χ1) is 12.2. The number of pyridine rings is 1. The second kappa shape index (κ2) is 6.72. The molecule has 3 heterocycles. The van der Waals surface area contributed by atoms with Gasteiger partial charge in [0.2, 0.25) is 0 Å². The van der Waals surface area contributed by atoms with Crippen LogP contribution in [0.4, 0.5) is 4.39 Å². The number of nitrogens with zero attached hydrogens (tertiary/aromatic N) is 4.